The van der Waals surface area contributed by atoms with Gasteiger partial charge < -0.3 is 10.1 Å². The first-order chi connectivity index (χ1) is 14.9. The molecule has 2 unspecified atom stereocenters. The second-order valence-electron chi connectivity index (χ2n) is 8.54. The van der Waals surface area contributed by atoms with Gasteiger partial charge in [0.25, 0.3) is 11.6 Å². The van der Waals surface area contributed by atoms with Crippen molar-refractivity contribution in [2.75, 3.05) is 18.4 Å². The second-order valence-corrected chi connectivity index (χ2v) is 8.54. The van der Waals surface area contributed by atoms with Crippen molar-refractivity contribution in [2.45, 2.75) is 59.1 Å². The number of nitro groups is 1. The Hall–Kier alpha value is -3.44. The molecular formula is C20H30N6O6. The van der Waals surface area contributed by atoms with Crippen LogP contribution in [0.5, 0.6) is 0 Å². The largest absolute Gasteiger partial charge is 0.444 e. The third kappa shape index (κ3) is 6.53. The number of urea groups is 1. The van der Waals surface area contributed by atoms with Crippen molar-refractivity contribution < 1.29 is 24.0 Å². The van der Waals surface area contributed by atoms with Gasteiger partial charge in [0.15, 0.2) is 0 Å². The fourth-order valence-electron chi connectivity index (χ4n) is 3.07. The normalized spacial score (nSPS) is 15.7. The summed E-state index contributed by atoms with van der Waals surface area (Å²) in [5, 5.41) is 18.5. The van der Waals surface area contributed by atoms with Crippen LogP contribution in [0.25, 0.3) is 0 Å². The molecule has 1 aliphatic rings. The zero-order chi connectivity index (χ0) is 24.1. The maximum atomic E-state index is 13.3. The molecule has 1 aromatic rings. The van der Waals surface area contributed by atoms with Gasteiger partial charge in [0.2, 0.25) is 0 Å². The molecule has 0 saturated carbocycles. The SMILES string of the molecule is CCC(C)C(NC(=O)OC(C)(C)C)C(=O)N1CCCN1C(=O)Nc1ccc([N+](=O)[O-])cn1. The van der Waals surface area contributed by atoms with Crippen molar-refractivity contribution in [2.24, 2.45) is 5.92 Å². The first kappa shape index (κ1) is 24.8. The highest BCUT2D eigenvalue weighted by molar-refractivity contribution is 5.92. The van der Waals surface area contributed by atoms with Crippen LogP contribution < -0.4 is 10.6 Å². The molecule has 32 heavy (non-hydrogen) atoms. The zero-order valence-corrected chi connectivity index (χ0v) is 19.0. The fraction of sp³-hybridized carbons (Fsp3) is 0.600. The van der Waals surface area contributed by atoms with E-state index in [1.165, 1.54) is 22.2 Å². The number of carbonyl (C=O) groups excluding carboxylic acids is 3. The number of hydrazine groups is 1. The van der Waals surface area contributed by atoms with Crippen molar-refractivity contribution in [1.29, 1.82) is 0 Å². The van der Waals surface area contributed by atoms with E-state index in [0.29, 0.717) is 25.9 Å². The first-order valence-corrected chi connectivity index (χ1v) is 10.4. The van der Waals surface area contributed by atoms with E-state index in [0.717, 1.165) is 6.20 Å². The number of rotatable bonds is 6. The minimum absolute atomic E-state index is 0.116. The molecule has 176 valence electrons. The number of alkyl carbamates (subject to hydrolysis) is 1. The van der Waals surface area contributed by atoms with E-state index < -0.39 is 34.6 Å². The Balaban J connectivity index is 2.12. The smallest absolute Gasteiger partial charge is 0.408 e. The Labute approximate surface area is 186 Å². The molecule has 4 amide bonds. The zero-order valence-electron chi connectivity index (χ0n) is 19.0. The van der Waals surface area contributed by atoms with Crippen LogP contribution in [-0.2, 0) is 9.53 Å². The number of nitrogens with zero attached hydrogens (tertiary/aromatic N) is 4. The van der Waals surface area contributed by atoms with E-state index in [4.69, 9.17) is 4.74 Å². The molecule has 12 heteroatoms. The highest BCUT2D eigenvalue weighted by Crippen LogP contribution is 2.20. The number of aromatic nitrogens is 1. The van der Waals surface area contributed by atoms with Crippen LogP contribution in [0.15, 0.2) is 18.3 Å². The summed E-state index contributed by atoms with van der Waals surface area (Å²) in [5.74, 6) is -0.503. The average molecular weight is 450 g/mol. The van der Waals surface area contributed by atoms with Crippen LogP contribution in [-0.4, -0.2) is 62.7 Å². The van der Waals surface area contributed by atoms with E-state index in [1.807, 2.05) is 13.8 Å². The number of anilines is 1. The van der Waals surface area contributed by atoms with Gasteiger partial charge in [-0.05, 0) is 39.2 Å². The summed E-state index contributed by atoms with van der Waals surface area (Å²) >= 11 is 0. The maximum Gasteiger partial charge on any atom is 0.408 e. The molecule has 2 heterocycles. The Bertz CT molecular complexity index is 853. The molecule has 12 nitrogen and oxygen atoms in total. The standard InChI is InChI=1S/C20H30N6O6/c1-6-13(2)16(23-19(29)32-20(3,4)5)17(27)24-10-7-11-25(24)18(28)22-15-9-8-14(12-21-15)26(30)31/h8-9,12-13,16H,6-7,10-11H2,1-5H3,(H,23,29)(H,21,22,28). The number of pyridine rings is 1. The number of amides is 4. The summed E-state index contributed by atoms with van der Waals surface area (Å²) in [6, 6.07) is 1.06. The summed E-state index contributed by atoms with van der Waals surface area (Å²) in [6.45, 7) is 9.52. The third-order valence-corrected chi connectivity index (χ3v) is 4.87. The van der Waals surface area contributed by atoms with Crippen LogP contribution in [0.4, 0.5) is 21.1 Å². The van der Waals surface area contributed by atoms with Gasteiger partial charge in [0, 0.05) is 19.2 Å². The van der Waals surface area contributed by atoms with Crippen molar-refractivity contribution in [3.8, 4) is 0 Å². The summed E-state index contributed by atoms with van der Waals surface area (Å²) in [7, 11) is 0. The van der Waals surface area contributed by atoms with E-state index in [9.17, 15) is 24.5 Å². The van der Waals surface area contributed by atoms with Crippen molar-refractivity contribution >= 4 is 29.5 Å². The van der Waals surface area contributed by atoms with Gasteiger partial charge in [-0.1, -0.05) is 20.3 Å². The second kappa shape index (κ2) is 10.2. The summed E-state index contributed by atoms with van der Waals surface area (Å²) < 4.78 is 5.29. The minimum atomic E-state index is -0.874. The number of nitrogens with one attached hydrogen (secondary N) is 2. The number of hydrogen-bond acceptors (Lipinski definition) is 7. The molecule has 0 bridgehead atoms. The monoisotopic (exact) mass is 450 g/mol. The highest BCUT2D eigenvalue weighted by Gasteiger charge is 2.38. The van der Waals surface area contributed by atoms with Gasteiger partial charge in [0.05, 0.1) is 4.92 Å². The quantitative estimate of drug-likeness (QED) is 0.500. The van der Waals surface area contributed by atoms with Crippen LogP contribution >= 0.6 is 0 Å². The predicted octanol–water partition coefficient (Wildman–Crippen LogP) is 2.91. The molecule has 0 aromatic carbocycles. The number of hydrogen-bond donors (Lipinski definition) is 2. The molecular weight excluding hydrogens is 420 g/mol. The van der Waals surface area contributed by atoms with E-state index in [-0.39, 0.29) is 17.4 Å². The summed E-state index contributed by atoms with van der Waals surface area (Å²) in [5.41, 5.74) is -0.921. The van der Waals surface area contributed by atoms with Gasteiger partial charge in [-0.3, -0.25) is 20.2 Å². The Morgan fingerprint density at radius 3 is 2.44 bits per heavy atom. The third-order valence-electron chi connectivity index (χ3n) is 4.87. The lowest BCUT2D eigenvalue weighted by Crippen LogP contribution is -2.56. The van der Waals surface area contributed by atoms with Crippen molar-refractivity contribution in [1.82, 2.24) is 20.3 Å². The molecule has 1 aromatic heterocycles. The minimum Gasteiger partial charge on any atom is -0.444 e. The first-order valence-electron chi connectivity index (χ1n) is 10.4. The van der Waals surface area contributed by atoms with Crippen molar-refractivity contribution in [3.63, 3.8) is 0 Å². The highest BCUT2D eigenvalue weighted by atomic mass is 16.6. The van der Waals surface area contributed by atoms with Gasteiger partial charge in [0.1, 0.15) is 23.7 Å². The molecule has 2 atom stereocenters. The molecule has 0 aliphatic carbocycles. The molecule has 0 radical (unpaired) electrons. The van der Waals surface area contributed by atoms with Crippen LogP contribution in [0, 0.1) is 16.0 Å². The Morgan fingerprint density at radius 2 is 1.91 bits per heavy atom. The lowest BCUT2D eigenvalue weighted by molar-refractivity contribution is -0.385. The molecule has 1 saturated heterocycles. The summed E-state index contributed by atoms with van der Waals surface area (Å²) in [6.07, 6.45) is 1.51. The fourth-order valence-corrected chi connectivity index (χ4v) is 3.07. The molecule has 2 N–H and O–H groups in total. The van der Waals surface area contributed by atoms with Crippen LogP contribution in [0.1, 0.15) is 47.5 Å². The van der Waals surface area contributed by atoms with E-state index >= 15 is 0 Å². The van der Waals surface area contributed by atoms with E-state index in [2.05, 4.69) is 15.6 Å². The lowest BCUT2D eigenvalue weighted by atomic mass is 9.98. The molecule has 2 rings (SSSR count). The van der Waals surface area contributed by atoms with Gasteiger partial charge in [-0.15, -0.1) is 0 Å². The Kier molecular flexibility index (Phi) is 7.95. The summed E-state index contributed by atoms with van der Waals surface area (Å²) in [4.78, 5) is 52.3. The predicted molar refractivity (Wildman–Crippen MR) is 116 cm³/mol. The van der Waals surface area contributed by atoms with Gasteiger partial charge >= 0.3 is 12.1 Å². The topological polar surface area (TPSA) is 147 Å². The molecule has 1 fully saturated rings. The van der Waals surface area contributed by atoms with Gasteiger partial charge in [-0.25, -0.2) is 24.6 Å². The van der Waals surface area contributed by atoms with Crippen LogP contribution in [0.3, 0.4) is 0 Å². The van der Waals surface area contributed by atoms with Crippen LogP contribution in [0.2, 0.25) is 0 Å². The average Bonchev–Trinajstić information content (AvgIpc) is 3.20. The van der Waals surface area contributed by atoms with E-state index in [1.54, 1.807) is 20.8 Å². The maximum absolute atomic E-state index is 13.3. The molecule has 1 aliphatic heterocycles. The van der Waals surface area contributed by atoms with Gasteiger partial charge in [-0.2, -0.15) is 0 Å². The number of ether oxygens (including phenoxy) is 1. The lowest BCUT2D eigenvalue weighted by Gasteiger charge is -2.33. The van der Waals surface area contributed by atoms with Crippen molar-refractivity contribution in [3.05, 3.63) is 28.4 Å². The Morgan fingerprint density at radius 1 is 1.25 bits per heavy atom. The number of carbonyl (C=O) groups is 3. The molecule has 0 spiro atoms.